The Morgan fingerprint density at radius 1 is 1.38 bits per heavy atom. The first-order chi connectivity index (χ1) is 11.8. The maximum absolute atomic E-state index is 12.3. The summed E-state index contributed by atoms with van der Waals surface area (Å²) in [6.45, 7) is 1.40. The van der Waals surface area contributed by atoms with Crippen LogP contribution < -0.4 is 10.6 Å². The molecule has 1 aliphatic rings. The number of carbonyl (C=O) groups is 1. The van der Waals surface area contributed by atoms with Crippen molar-refractivity contribution < 1.29 is 9.53 Å². The third-order valence-corrected chi connectivity index (χ3v) is 3.70. The highest BCUT2D eigenvalue weighted by molar-refractivity contribution is 6.03. The molecule has 1 saturated heterocycles. The lowest BCUT2D eigenvalue weighted by Crippen LogP contribution is -2.21. The highest BCUT2D eigenvalue weighted by Crippen LogP contribution is 2.15. The molecule has 3 rings (SSSR count). The number of nitrogens with one attached hydrogen (secondary N) is 2. The van der Waals surface area contributed by atoms with Crippen LogP contribution in [0, 0.1) is 11.3 Å². The molecule has 2 N–H and O–H groups in total. The molecule has 0 spiro atoms. The number of nitriles is 1. The molecule has 1 unspecified atom stereocenters. The van der Waals surface area contributed by atoms with Gasteiger partial charge in [-0.1, -0.05) is 12.1 Å². The first kappa shape index (κ1) is 15.9. The number of carbonyl (C=O) groups excluding carboxylic acids is 1. The zero-order valence-corrected chi connectivity index (χ0v) is 13.0. The summed E-state index contributed by atoms with van der Waals surface area (Å²) in [5, 5.41) is 14.9. The Bertz CT molecular complexity index is 766. The van der Waals surface area contributed by atoms with E-state index in [9.17, 15) is 4.79 Å². The van der Waals surface area contributed by atoms with Gasteiger partial charge in [-0.3, -0.25) is 4.79 Å². The van der Waals surface area contributed by atoms with Gasteiger partial charge in [0.15, 0.2) is 0 Å². The molecule has 24 heavy (non-hydrogen) atoms. The van der Waals surface area contributed by atoms with Crippen LogP contribution in [0.5, 0.6) is 0 Å². The number of benzene rings is 1. The normalized spacial score (nSPS) is 16.4. The van der Waals surface area contributed by atoms with E-state index in [1.54, 1.807) is 24.3 Å². The van der Waals surface area contributed by atoms with Gasteiger partial charge in [0.25, 0.3) is 5.91 Å². The number of hydrogen-bond donors (Lipinski definition) is 2. The lowest BCUT2D eigenvalue weighted by atomic mass is 10.2. The van der Waals surface area contributed by atoms with E-state index in [2.05, 4.69) is 20.6 Å². The van der Waals surface area contributed by atoms with Crippen molar-refractivity contribution in [1.82, 2.24) is 9.97 Å². The van der Waals surface area contributed by atoms with Gasteiger partial charge < -0.3 is 15.4 Å². The molecule has 1 aromatic carbocycles. The summed E-state index contributed by atoms with van der Waals surface area (Å²) >= 11 is 0. The summed E-state index contributed by atoms with van der Waals surface area (Å²) in [6, 6.07) is 10.4. The average Bonchev–Trinajstić information content (AvgIpc) is 3.14. The lowest BCUT2D eigenvalue weighted by molar-refractivity contribution is 0.102. The summed E-state index contributed by atoms with van der Waals surface area (Å²) in [4.78, 5) is 20.7. The SMILES string of the molecule is N#Cc1ccccc1NC(=O)c1ccnc(NCC2CCCO2)n1. The number of aromatic nitrogens is 2. The Balaban J connectivity index is 1.66. The molecule has 7 heteroatoms. The highest BCUT2D eigenvalue weighted by Gasteiger charge is 2.16. The van der Waals surface area contributed by atoms with Gasteiger partial charge in [-0.05, 0) is 31.0 Å². The summed E-state index contributed by atoms with van der Waals surface area (Å²) in [7, 11) is 0. The van der Waals surface area contributed by atoms with E-state index >= 15 is 0 Å². The van der Waals surface area contributed by atoms with Crippen LogP contribution in [-0.2, 0) is 4.74 Å². The van der Waals surface area contributed by atoms with Crippen LogP contribution >= 0.6 is 0 Å². The predicted octanol–water partition coefficient (Wildman–Crippen LogP) is 2.19. The van der Waals surface area contributed by atoms with E-state index < -0.39 is 0 Å². The second-order valence-electron chi connectivity index (χ2n) is 5.39. The van der Waals surface area contributed by atoms with Crippen LogP contribution in [-0.4, -0.2) is 35.1 Å². The molecule has 7 nitrogen and oxygen atoms in total. The zero-order valence-electron chi connectivity index (χ0n) is 13.0. The van der Waals surface area contributed by atoms with E-state index in [1.807, 2.05) is 6.07 Å². The molecule has 1 amide bonds. The van der Waals surface area contributed by atoms with Crippen molar-refractivity contribution in [2.24, 2.45) is 0 Å². The van der Waals surface area contributed by atoms with Crippen LogP contribution in [0.25, 0.3) is 0 Å². The average molecular weight is 323 g/mol. The first-order valence-electron chi connectivity index (χ1n) is 7.75. The highest BCUT2D eigenvalue weighted by atomic mass is 16.5. The third-order valence-electron chi connectivity index (χ3n) is 3.70. The molecule has 1 atom stereocenters. The predicted molar refractivity (Wildman–Crippen MR) is 88.6 cm³/mol. The molecule has 1 aliphatic heterocycles. The molecule has 122 valence electrons. The van der Waals surface area contributed by atoms with Crippen LogP contribution in [0.1, 0.15) is 28.9 Å². The number of rotatable bonds is 5. The van der Waals surface area contributed by atoms with Crippen LogP contribution in [0.4, 0.5) is 11.6 Å². The van der Waals surface area contributed by atoms with Crippen molar-refractivity contribution >= 4 is 17.5 Å². The fourth-order valence-electron chi connectivity index (χ4n) is 2.46. The van der Waals surface area contributed by atoms with E-state index in [4.69, 9.17) is 10.00 Å². The fraction of sp³-hybridized carbons (Fsp3) is 0.294. The lowest BCUT2D eigenvalue weighted by Gasteiger charge is -2.11. The Morgan fingerprint density at radius 2 is 2.25 bits per heavy atom. The topological polar surface area (TPSA) is 99.9 Å². The molecule has 1 fully saturated rings. The monoisotopic (exact) mass is 323 g/mol. The zero-order chi connectivity index (χ0) is 16.8. The smallest absolute Gasteiger partial charge is 0.274 e. The van der Waals surface area contributed by atoms with Gasteiger partial charge in [0.2, 0.25) is 5.95 Å². The maximum Gasteiger partial charge on any atom is 0.274 e. The largest absolute Gasteiger partial charge is 0.376 e. The molecular formula is C17H17N5O2. The number of amides is 1. The van der Waals surface area contributed by atoms with E-state index in [1.165, 1.54) is 12.3 Å². The van der Waals surface area contributed by atoms with Gasteiger partial charge in [0, 0.05) is 19.3 Å². The standard InChI is InChI=1S/C17H17N5O2/c18-10-12-4-1-2-6-14(12)21-16(23)15-7-8-19-17(22-15)20-11-13-5-3-9-24-13/h1-2,4,6-8,13H,3,5,9,11H2,(H,21,23)(H,19,20,22). The fourth-order valence-corrected chi connectivity index (χ4v) is 2.46. The van der Waals surface area contributed by atoms with E-state index in [-0.39, 0.29) is 17.7 Å². The van der Waals surface area contributed by atoms with Gasteiger partial charge in [0.05, 0.1) is 17.4 Å². The Hall–Kier alpha value is -2.98. The molecule has 0 radical (unpaired) electrons. The molecule has 0 aliphatic carbocycles. The quantitative estimate of drug-likeness (QED) is 0.875. The summed E-state index contributed by atoms with van der Waals surface area (Å²) in [5.74, 6) is -0.00742. The molecular weight excluding hydrogens is 306 g/mol. The first-order valence-corrected chi connectivity index (χ1v) is 7.75. The molecule has 0 bridgehead atoms. The van der Waals surface area contributed by atoms with Crippen molar-refractivity contribution in [3.8, 4) is 6.07 Å². The van der Waals surface area contributed by atoms with Gasteiger partial charge in [0.1, 0.15) is 11.8 Å². The summed E-state index contributed by atoms with van der Waals surface area (Å²) in [5.41, 5.74) is 1.08. The van der Waals surface area contributed by atoms with Crippen molar-refractivity contribution in [3.05, 3.63) is 47.8 Å². The molecule has 0 saturated carbocycles. The van der Waals surface area contributed by atoms with Gasteiger partial charge in [-0.25, -0.2) is 9.97 Å². The van der Waals surface area contributed by atoms with Crippen LogP contribution in [0.2, 0.25) is 0 Å². The van der Waals surface area contributed by atoms with Crippen LogP contribution in [0.3, 0.4) is 0 Å². The Morgan fingerprint density at radius 3 is 3.04 bits per heavy atom. The van der Waals surface area contributed by atoms with Crippen molar-refractivity contribution in [2.75, 3.05) is 23.8 Å². The Kier molecular flexibility index (Phi) is 4.99. The van der Waals surface area contributed by atoms with Gasteiger partial charge in [-0.15, -0.1) is 0 Å². The minimum atomic E-state index is -0.389. The third kappa shape index (κ3) is 3.86. The maximum atomic E-state index is 12.3. The number of para-hydroxylation sites is 1. The van der Waals surface area contributed by atoms with Crippen molar-refractivity contribution in [2.45, 2.75) is 18.9 Å². The molecule has 2 aromatic rings. The summed E-state index contributed by atoms with van der Waals surface area (Å²) < 4.78 is 5.53. The number of anilines is 2. The molecule has 2 heterocycles. The Labute approximate surface area is 139 Å². The van der Waals surface area contributed by atoms with E-state index in [0.29, 0.717) is 23.7 Å². The second kappa shape index (κ2) is 7.53. The minimum Gasteiger partial charge on any atom is -0.376 e. The van der Waals surface area contributed by atoms with Gasteiger partial charge in [-0.2, -0.15) is 5.26 Å². The summed E-state index contributed by atoms with van der Waals surface area (Å²) in [6.07, 6.45) is 3.76. The number of nitrogens with zero attached hydrogens (tertiary/aromatic N) is 3. The van der Waals surface area contributed by atoms with Crippen LogP contribution in [0.15, 0.2) is 36.5 Å². The number of ether oxygens (including phenoxy) is 1. The second-order valence-corrected chi connectivity index (χ2v) is 5.39. The van der Waals surface area contributed by atoms with Gasteiger partial charge >= 0.3 is 0 Å². The van der Waals surface area contributed by atoms with Crippen molar-refractivity contribution in [3.63, 3.8) is 0 Å². The minimum absolute atomic E-state index is 0.161. The van der Waals surface area contributed by atoms with E-state index in [0.717, 1.165) is 19.4 Å². The molecule has 1 aromatic heterocycles. The van der Waals surface area contributed by atoms with Crippen molar-refractivity contribution in [1.29, 1.82) is 5.26 Å². The number of hydrogen-bond acceptors (Lipinski definition) is 6.